The van der Waals surface area contributed by atoms with E-state index in [2.05, 4.69) is 64.8 Å². The summed E-state index contributed by atoms with van der Waals surface area (Å²) in [7, 11) is 0. The first-order valence-corrected chi connectivity index (χ1v) is 11.1. The number of thioether (sulfide) groups is 1. The van der Waals surface area contributed by atoms with E-state index in [0.29, 0.717) is 11.7 Å². The van der Waals surface area contributed by atoms with E-state index < -0.39 is 0 Å². The number of furan rings is 1. The lowest BCUT2D eigenvalue weighted by molar-refractivity contribution is 0.485. The maximum absolute atomic E-state index is 5.89. The Morgan fingerprint density at radius 2 is 1.83 bits per heavy atom. The van der Waals surface area contributed by atoms with E-state index in [1.54, 1.807) is 30.3 Å². The molecular formula is C23H23ClN4OS. The third kappa shape index (κ3) is 4.77. The lowest BCUT2D eigenvalue weighted by atomic mass is 9.87. The summed E-state index contributed by atoms with van der Waals surface area (Å²) in [5.41, 5.74) is 3.50. The van der Waals surface area contributed by atoms with Crippen molar-refractivity contribution in [2.75, 3.05) is 0 Å². The minimum atomic E-state index is 0.105. The van der Waals surface area contributed by atoms with Gasteiger partial charge in [-0.1, -0.05) is 74.5 Å². The number of nitrogens with zero attached hydrogens (tertiary/aromatic N) is 4. The number of halogens is 1. The van der Waals surface area contributed by atoms with Crippen LogP contribution < -0.4 is 0 Å². The van der Waals surface area contributed by atoms with E-state index in [4.69, 9.17) is 16.0 Å². The van der Waals surface area contributed by atoms with E-state index in [0.717, 1.165) is 33.6 Å². The Bertz CT molecular complexity index is 1100. The van der Waals surface area contributed by atoms with Gasteiger partial charge in [-0.25, -0.2) is 4.98 Å². The van der Waals surface area contributed by atoms with Gasteiger partial charge in [0.1, 0.15) is 10.9 Å². The van der Waals surface area contributed by atoms with Crippen molar-refractivity contribution >= 4 is 23.4 Å². The molecule has 0 radical (unpaired) electrons. The van der Waals surface area contributed by atoms with Gasteiger partial charge in [0.25, 0.3) is 0 Å². The Morgan fingerprint density at radius 3 is 2.47 bits per heavy atom. The maximum Gasteiger partial charge on any atom is 0.192 e. The molecule has 0 aliphatic heterocycles. The highest BCUT2D eigenvalue weighted by atomic mass is 35.5. The van der Waals surface area contributed by atoms with Gasteiger partial charge in [0.05, 0.1) is 12.8 Å². The van der Waals surface area contributed by atoms with Crippen LogP contribution in [0.2, 0.25) is 5.15 Å². The first-order valence-electron chi connectivity index (χ1n) is 9.70. The van der Waals surface area contributed by atoms with Crippen LogP contribution in [0.3, 0.4) is 0 Å². The molecule has 0 amide bonds. The van der Waals surface area contributed by atoms with E-state index in [9.17, 15) is 0 Å². The molecule has 0 N–H and O–H groups in total. The Balaban J connectivity index is 1.63. The van der Waals surface area contributed by atoms with Gasteiger partial charge in [0.2, 0.25) is 0 Å². The summed E-state index contributed by atoms with van der Waals surface area (Å²) in [5, 5.41) is 10.3. The third-order valence-electron chi connectivity index (χ3n) is 4.78. The standard InChI is InChI=1S/C23H23ClN4OS/c1-23(2,3)18-9-7-17(8-10-18)21-26-27-22(28(21)14-19-5-4-12-29-19)30-15-16-6-11-20(24)25-13-16/h4-13H,14-15H2,1-3H3. The molecule has 4 aromatic rings. The molecule has 0 unspecified atom stereocenters. The monoisotopic (exact) mass is 438 g/mol. The minimum Gasteiger partial charge on any atom is -0.467 e. The highest BCUT2D eigenvalue weighted by molar-refractivity contribution is 7.98. The molecule has 30 heavy (non-hydrogen) atoms. The van der Waals surface area contributed by atoms with Crippen LogP contribution in [-0.4, -0.2) is 19.7 Å². The Hall–Kier alpha value is -2.57. The maximum atomic E-state index is 5.89. The summed E-state index contributed by atoms with van der Waals surface area (Å²) in [5.74, 6) is 2.41. The van der Waals surface area contributed by atoms with Crippen molar-refractivity contribution in [1.82, 2.24) is 19.7 Å². The molecule has 0 saturated heterocycles. The number of rotatable bonds is 6. The predicted octanol–water partition coefficient (Wildman–Crippen LogP) is 6.22. The van der Waals surface area contributed by atoms with Crippen LogP contribution in [0.1, 0.15) is 37.7 Å². The number of hydrogen-bond acceptors (Lipinski definition) is 5. The van der Waals surface area contributed by atoms with Gasteiger partial charge in [-0.2, -0.15) is 0 Å². The lowest BCUT2D eigenvalue weighted by Crippen LogP contribution is -2.10. The fraction of sp³-hybridized carbons (Fsp3) is 0.261. The second-order valence-electron chi connectivity index (χ2n) is 8.08. The number of pyridine rings is 1. The predicted molar refractivity (Wildman–Crippen MR) is 121 cm³/mol. The largest absolute Gasteiger partial charge is 0.467 e. The quantitative estimate of drug-likeness (QED) is 0.264. The van der Waals surface area contributed by atoms with Gasteiger partial charge in [0, 0.05) is 17.5 Å². The molecule has 0 saturated carbocycles. The first kappa shape index (κ1) is 20.7. The SMILES string of the molecule is CC(C)(C)c1ccc(-c2nnc(SCc3ccc(Cl)nc3)n2Cc2ccco2)cc1. The second-order valence-corrected chi connectivity index (χ2v) is 9.41. The molecule has 0 aliphatic carbocycles. The van der Waals surface area contributed by atoms with Crippen molar-refractivity contribution in [3.05, 3.63) is 83.0 Å². The average molecular weight is 439 g/mol. The summed E-state index contributed by atoms with van der Waals surface area (Å²) in [6, 6.07) is 16.2. The number of aromatic nitrogens is 4. The fourth-order valence-electron chi connectivity index (χ4n) is 3.07. The molecule has 3 heterocycles. The highest BCUT2D eigenvalue weighted by Gasteiger charge is 2.18. The second kappa shape index (κ2) is 8.66. The van der Waals surface area contributed by atoms with Gasteiger partial charge in [-0.3, -0.25) is 4.57 Å². The van der Waals surface area contributed by atoms with Crippen LogP contribution in [0, 0.1) is 0 Å². The van der Waals surface area contributed by atoms with Gasteiger partial charge in [-0.15, -0.1) is 10.2 Å². The van der Waals surface area contributed by atoms with E-state index in [-0.39, 0.29) is 5.41 Å². The van der Waals surface area contributed by atoms with E-state index in [1.165, 1.54) is 5.56 Å². The van der Waals surface area contributed by atoms with Gasteiger partial charge in [0.15, 0.2) is 11.0 Å². The molecule has 0 bridgehead atoms. The van der Waals surface area contributed by atoms with Crippen molar-refractivity contribution in [2.45, 2.75) is 43.6 Å². The summed E-state index contributed by atoms with van der Waals surface area (Å²) >= 11 is 7.50. The van der Waals surface area contributed by atoms with Crippen molar-refractivity contribution in [3.63, 3.8) is 0 Å². The Labute approximate surface area is 185 Å². The zero-order valence-corrected chi connectivity index (χ0v) is 18.7. The normalized spacial score (nSPS) is 11.7. The summed E-state index contributed by atoms with van der Waals surface area (Å²) in [6.07, 6.45) is 3.47. The van der Waals surface area contributed by atoms with Crippen LogP contribution in [0.15, 0.2) is 70.6 Å². The van der Waals surface area contributed by atoms with Crippen molar-refractivity contribution in [1.29, 1.82) is 0 Å². The average Bonchev–Trinajstić information content (AvgIpc) is 3.38. The summed E-state index contributed by atoms with van der Waals surface area (Å²) < 4.78 is 7.68. The van der Waals surface area contributed by atoms with Crippen LogP contribution >= 0.6 is 23.4 Å². The minimum absolute atomic E-state index is 0.105. The van der Waals surface area contributed by atoms with Crippen molar-refractivity contribution in [3.8, 4) is 11.4 Å². The molecule has 0 fully saturated rings. The molecule has 4 rings (SSSR count). The van der Waals surface area contributed by atoms with Crippen LogP contribution in [0.5, 0.6) is 0 Å². The Morgan fingerprint density at radius 1 is 1.03 bits per heavy atom. The first-order chi connectivity index (χ1) is 14.4. The van der Waals surface area contributed by atoms with E-state index >= 15 is 0 Å². The van der Waals surface area contributed by atoms with Crippen molar-refractivity contribution in [2.24, 2.45) is 0 Å². The van der Waals surface area contributed by atoms with Crippen molar-refractivity contribution < 1.29 is 4.42 Å². The molecule has 0 aliphatic rings. The third-order valence-corrected chi connectivity index (χ3v) is 6.04. The smallest absolute Gasteiger partial charge is 0.192 e. The topological polar surface area (TPSA) is 56.7 Å². The van der Waals surface area contributed by atoms with Crippen LogP contribution in [-0.2, 0) is 17.7 Å². The molecule has 1 aromatic carbocycles. The summed E-state index contributed by atoms with van der Waals surface area (Å²) in [4.78, 5) is 4.15. The van der Waals surface area contributed by atoms with Gasteiger partial charge >= 0.3 is 0 Å². The number of benzene rings is 1. The fourth-order valence-corrected chi connectivity index (χ4v) is 4.05. The molecule has 5 nitrogen and oxygen atoms in total. The summed E-state index contributed by atoms with van der Waals surface area (Å²) in [6.45, 7) is 7.20. The molecule has 3 aromatic heterocycles. The lowest BCUT2D eigenvalue weighted by Gasteiger charge is -2.19. The molecule has 0 spiro atoms. The van der Waals surface area contributed by atoms with Gasteiger partial charge < -0.3 is 4.42 Å². The molecule has 7 heteroatoms. The zero-order chi connectivity index (χ0) is 21.1. The number of hydrogen-bond donors (Lipinski definition) is 0. The highest BCUT2D eigenvalue weighted by Crippen LogP contribution is 2.29. The van der Waals surface area contributed by atoms with E-state index in [1.807, 2.05) is 18.2 Å². The molecular weight excluding hydrogens is 416 g/mol. The van der Waals surface area contributed by atoms with Gasteiger partial charge in [-0.05, 0) is 34.7 Å². The zero-order valence-electron chi connectivity index (χ0n) is 17.2. The van der Waals surface area contributed by atoms with Crippen LogP contribution in [0.4, 0.5) is 0 Å². The van der Waals surface area contributed by atoms with Crippen LogP contribution in [0.25, 0.3) is 11.4 Å². The molecule has 154 valence electrons. The molecule has 0 atom stereocenters. The Kier molecular flexibility index (Phi) is 5.97.